The first-order valence-corrected chi connectivity index (χ1v) is 6.05. The number of ketones is 1. The van der Waals surface area contributed by atoms with Gasteiger partial charge in [-0.1, -0.05) is 26.7 Å². The average Bonchev–Trinajstić information content (AvgIpc) is 2.16. The second kappa shape index (κ2) is 8.79. The van der Waals surface area contributed by atoms with Crippen molar-refractivity contribution in [3.8, 4) is 0 Å². The molecule has 0 aliphatic heterocycles. The third-order valence-corrected chi connectivity index (χ3v) is 2.35. The van der Waals surface area contributed by atoms with E-state index in [1.54, 1.807) is 6.08 Å². The zero-order chi connectivity index (χ0) is 13.3. The van der Waals surface area contributed by atoms with Gasteiger partial charge in [0.2, 0.25) is 0 Å². The fraction of sp³-hybridized carbons (Fsp3) is 0.692. The highest BCUT2D eigenvalue weighted by Crippen LogP contribution is 2.13. The molecule has 17 heavy (non-hydrogen) atoms. The van der Waals surface area contributed by atoms with Crippen LogP contribution in [-0.4, -0.2) is 18.4 Å². The molecular formula is C13H23NO3. The quantitative estimate of drug-likeness (QED) is 0.522. The highest BCUT2D eigenvalue weighted by Gasteiger charge is 2.06. The van der Waals surface area contributed by atoms with Gasteiger partial charge in [0.15, 0.2) is 0 Å². The van der Waals surface area contributed by atoms with Gasteiger partial charge in [0, 0.05) is 5.70 Å². The molecule has 4 heteroatoms. The molecule has 1 atom stereocenters. The van der Waals surface area contributed by atoms with Crippen LogP contribution in [0.2, 0.25) is 0 Å². The first-order chi connectivity index (χ1) is 7.95. The van der Waals surface area contributed by atoms with Crippen molar-refractivity contribution in [1.29, 1.82) is 0 Å². The number of allylic oxidation sites excluding steroid dienone is 1. The maximum Gasteiger partial charge on any atom is 0.313 e. The summed E-state index contributed by atoms with van der Waals surface area (Å²) in [6, 6.07) is 0. The lowest BCUT2D eigenvalue weighted by Crippen LogP contribution is -2.10. The van der Waals surface area contributed by atoms with Gasteiger partial charge in [-0.15, -0.1) is 0 Å². The molecule has 0 bridgehead atoms. The molecular weight excluding hydrogens is 218 g/mol. The fourth-order valence-corrected chi connectivity index (χ4v) is 1.58. The molecule has 0 saturated heterocycles. The van der Waals surface area contributed by atoms with Gasteiger partial charge in [-0.2, -0.15) is 0 Å². The van der Waals surface area contributed by atoms with Crippen LogP contribution in [0.1, 0.15) is 46.5 Å². The summed E-state index contributed by atoms with van der Waals surface area (Å²) in [5.41, 5.74) is 6.53. The molecule has 2 N–H and O–H groups in total. The molecule has 0 aromatic rings. The maximum atomic E-state index is 11.0. The number of hydrogen-bond acceptors (Lipinski definition) is 4. The summed E-state index contributed by atoms with van der Waals surface area (Å²) in [7, 11) is 0. The van der Waals surface area contributed by atoms with Crippen molar-refractivity contribution in [1.82, 2.24) is 0 Å². The summed E-state index contributed by atoms with van der Waals surface area (Å²) in [6.07, 6.45) is 4.63. The van der Waals surface area contributed by atoms with Crippen molar-refractivity contribution in [2.24, 2.45) is 11.7 Å². The lowest BCUT2D eigenvalue weighted by Gasteiger charge is -2.09. The summed E-state index contributed by atoms with van der Waals surface area (Å²) >= 11 is 0. The zero-order valence-electron chi connectivity index (χ0n) is 11.0. The van der Waals surface area contributed by atoms with Gasteiger partial charge in [-0.3, -0.25) is 9.59 Å². The molecule has 0 saturated carbocycles. The number of Topliss-reactive ketones (excluding diaryl/α,β-unsaturated/α-hetero) is 1. The van der Waals surface area contributed by atoms with Gasteiger partial charge in [0.05, 0.1) is 0 Å². The minimum absolute atomic E-state index is 0.150. The standard InChI is InChI=1S/C13H23NO3/c1-4-5-10(2)8-12(14)6-7-17-13(16)9-11(3)15/h6,10H,4-5,7-9,14H2,1-3H3/t10-/m1/s1. The second-order valence-corrected chi connectivity index (χ2v) is 4.44. The number of esters is 1. The van der Waals surface area contributed by atoms with Gasteiger partial charge < -0.3 is 10.5 Å². The Morgan fingerprint density at radius 3 is 2.59 bits per heavy atom. The van der Waals surface area contributed by atoms with Crippen LogP contribution in [0.4, 0.5) is 0 Å². The molecule has 0 aliphatic rings. The van der Waals surface area contributed by atoms with E-state index in [0.717, 1.165) is 25.0 Å². The van der Waals surface area contributed by atoms with Crippen LogP contribution in [0.3, 0.4) is 0 Å². The van der Waals surface area contributed by atoms with Gasteiger partial charge in [0.1, 0.15) is 18.8 Å². The van der Waals surface area contributed by atoms with E-state index in [0.29, 0.717) is 5.92 Å². The Labute approximate surface area is 103 Å². The molecule has 0 aliphatic carbocycles. The molecule has 0 rings (SSSR count). The molecule has 4 nitrogen and oxygen atoms in total. The van der Waals surface area contributed by atoms with E-state index in [1.807, 2.05) is 0 Å². The Morgan fingerprint density at radius 2 is 2.06 bits per heavy atom. The summed E-state index contributed by atoms with van der Waals surface area (Å²) in [5.74, 6) is -0.143. The van der Waals surface area contributed by atoms with Crippen LogP contribution in [0, 0.1) is 5.92 Å². The van der Waals surface area contributed by atoms with Crippen LogP contribution < -0.4 is 5.73 Å². The van der Waals surface area contributed by atoms with E-state index in [1.165, 1.54) is 6.92 Å². The molecule has 0 fully saturated rings. The van der Waals surface area contributed by atoms with Crippen molar-refractivity contribution in [3.05, 3.63) is 11.8 Å². The predicted molar refractivity (Wildman–Crippen MR) is 67.2 cm³/mol. The topological polar surface area (TPSA) is 69.4 Å². The molecule has 0 aromatic carbocycles. The Balaban J connectivity index is 3.83. The lowest BCUT2D eigenvalue weighted by atomic mass is 10.0. The van der Waals surface area contributed by atoms with Crippen LogP contribution in [0.25, 0.3) is 0 Å². The van der Waals surface area contributed by atoms with Crippen LogP contribution in [-0.2, 0) is 14.3 Å². The van der Waals surface area contributed by atoms with Crippen LogP contribution >= 0.6 is 0 Å². The monoisotopic (exact) mass is 241 g/mol. The molecule has 0 unspecified atom stereocenters. The van der Waals surface area contributed by atoms with E-state index in [9.17, 15) is 9.59 Å². The number of carbonyl (C=O) groups excluding carboxylic acids is 2. The molecule has 0 heterocycles. The molecule has 0 radical (unpaired) electrons. The van der Waals surface area contributed by atoms with Crippen molar-refractivity contribution in [2.45, 2.75) is 46.5 Å². The second-order valence-electron chi connectivity index (χ2n) is 4.44. The number of rotatable bonds is 8. The summed E-state index contributed by atoms with van der Waals surface area (Å²) in [6.45, 7) is 5.79. The van der Waals surface area contributed by atoms with E-state index >= 15 is 0 Å². The average molecular weight is 241 g/mol. The first-order valence-electron chi connectivity index (χ1n) is 6.05. The Bertz CT molecular complexity index is 284. The largest absolute Gasteiger partial charge is 0.461 e. The number of ether oxygens (including phenoxy) is 1. The summed E-state index contributed by atoms with van der Waals surface area (Å²) in [4.78, 5) is 21.7. The molecule has 0 amide bonds. The van der Waals surface area contributed by atoms with Gasteiger partial charge in [-0.05, 0) is 25.3 Å². The van der Waals surface area contributed by atoms with E-state index < -0.39 is 5.97 Å². The summed E-state index contributed by atoms with van der Waals surface area (Å²) in [5, 5.41) is 0. The zero-order valence-corrected chi connectivity index (χ0v) is 11.0. The Morgan fingerprint density at radius 1 is 1.41 bits per heavy atom. The number of hydrogen-bond donors (Lipinski definition) is 1. The Hall–Kier alpha value is -1.32. The third-order valence-electron chi connectivity index (χ3n) is 2.35. The number of carbonyl (C=O) groups is 2. The molecule has 0 spiro atoms. The smallest absolute Gasteiger partial charge is 0.313 e. The van der Waals surface area contributed by atoms with Gasteiger partial charge >= 0.3 is 5.97 Å². The highest BCUT2D eigenvalue weighted by atomic mass is 16.5. The Kier molecular flexibility index (Phi) is 8.11. The van der Waals surface area contributed by atoms with E-state index in [-0.39, 0.29) is 18.8 Å². The molecule has 98 valence electrons. The SMILES string of the molecule is CCC[C@@H](C)CC(N)=CCOC(=O)CC(C)=O. The predicted octanol–water partition coefficient (Wildman–Crippen LogP) is 2.18. The normalized spacial score (nSPS) is 13.2. The van der Waals surface area contributed by atoms with Crippen molar-refractivity contribution in [2.75, 3.05) is 6.61 Å². The minimum atomic E-state index is -0.497. The fourth-order valence-electron chi connectivity index (χ4n) is 1.58. The van der Waals surface area contributed by atoms with Gasteiger partial charge in [0.25, 0.3) is 0 Å². The molecule has 0 aromatic heterocycles. The third kappa shape index (κ3) is 9.60. The highest BCUT2D eigenvalue weighted by molar-refractivity contribution is 5.94. The maximum absolute atomic E-state index is 11.0. The number of nitrogens with two attached hydrogens (primary N) is 1. The van der Waals surface area contributed by atoms with Crippen molar-refractivity contribution in [3.63, 3.8) is 0 Å². The first kappa shape index (κ1) is 15.7. The van der Waals surface area contributed by atoms with Crippen molar-refractivity contribution < 1.29 is 14.3 Å². The van der Waals surface area contributed by atoms with Crippen LogP contribution in [0.5, 0.6) is 0 Å². The van der Waals surface area contributed by atoms with E-state index in [4.69, 9.17) is 10.5 Å². The lowest BCUT2D eigenvalue weighted by molar-refractivity contribution is -0.144. The minimum Gasteiger partial charge on any atom is -0.461 e. The van der Waals surface area contributed by atoms with E-state index in [2.05, 4.69) is 13.8 Å². The summed E-state index contributed by atoms with van der Waals surface area (Å²) < 4.78 is 4.85. The van der Waals surface area contributed by atoms with Crippen LogP contribution in [0.15, 0.2) is 11.8 Å². The van der Waals surface area contributed by atoms with Gasteiger partial charge in [-0.25, -0.2) is 0 Å². The van der Waals surface area contributed by atoms with Crippen molar-refractivity contribution >= 4 is 11.8 Å².